The van der Waals surface area contributed by atoms with E-state index in [1.165, 1.54) is 7.11 Å². The van der Waals surface area contributed by atoms with Gasteiger partial charge in [-0.15, -0.1) is 0 Å². The van der Waals surface area contributed by atoms with Crippen LogP contribution in [0.3, 0.4) is 0 Å². The molecule has 3 unspecified atom stereocenters. The fraction of sp³-hybridized carbons (Fsp3) is 0.233. The fourth-order valence-corrected chi connectivity index (χ4v) is 9.31. The predicted octanol–water partition coefficient (Wildman–Crippen LogP) is 4.11. The van der Waals surface area contributed by atoms with Gasteiger partial charge in [0.1, 0.15) is 0 Å². The van der Waals surface area contributed by atoms with Crippen molar-refractivity contribution in [3.63, 3.8) is 0 Å². The molecule has 0 radical (unpaired) electrons. The topological polar surface area (TPSA) is 69.7 Å². The Bertz CT molecular complexity index is 1340. The summed E-state index contributed by atoms with van der Waals surface area (Å²) in [5, 5.41) is 0. The zero-order chi connectivity index (χ0) is 25.4. The number of hydrogen-bond acceptors (Lipinski definition) is 5. The van der Waals surface area contributed by atoms with Crippen LogP contribution in [-0.2, 0) is 23.9 Å². The maximum atomic E-state index is 14.8. The van der Waals surface area contributed by atoms with Gasteiger partial charge < -0.3 is 0 Å². The van der Waals surface area contributed by atoms with Crippen LogP contribution >= 0.6 is 0 Å². The predicted molar refractivity (Wildman–Crippen MR) is 138 cm³/mol. The molecule has 182 valence electrons. The minimum atomic E-state index is -1.50. The number of carbonyl (C=O) groups excluding carboxylic acids is 3. The van der Waals surface area contributed by atoms with Gasteiger partial charge in [0.05, 0.1) is 0 Å². The fourth-order valence-electron chi connectivity index (χ4n) is 6.10. The van der Waals surface area contributed by atoms with Crippen molar-refractivity contribution in [3.05, 3.63) is 102 Å². The Kier molecular flexibility index (Phi) is 6.19. The first-order chi connectivity index (χ1) is 17.4. The summed E-state index contributed by atoms with van der Waals surface area (Å²) in [7, 11) is 1.33. The number of carbonyl (C=O) groups is 3. The van der Waals surface area contributed by atoms with Crippen LogP contribution in [0.2, 0.25) is 4.31 Å². The average molecular weight is 545 g/mol. The van der Waals surface area contributed by atoms with E-state index in [0.29, 0.717) is 12.0 Å². The van der Waals surface area contributed by atoms with Gasteiger partial charge in [-0.1, -0.05) is 0 Å². The molecule has 1 fully saturated rings. The third-order valence-corrected chi connectivity index (χ3v) is 10.5. The summed E-state index contributed by atoms with van der Waals surface area (Å²) in [5.74, 6) is -0.818. The first kappa shape index (κ1) is 24.2. The molecule has 36 heavy (non-hydrogen) atoms. The Morgan fingerprint density at radius 2 is 1.42 bits per heavy atom. The molecule has 3 atom stereocenters. The molecule has 6 heteroatoms. The normalized spacial score (nSPS) is 26.7. The van der Waals surface area contributed by atoms with Crippen LogP contribution in [0, 0.1) is 10.8 Å². The van der Waals surface area contributed by atoms with Crippen LogP contribution in [0.4, 0.5) is 0 Å². The summed E-state index contributed by atoms with van der Waals surface area (Å²) < 4.78 is 11.3. The van der Waals surface area contributed by atoms with Crippen molar-refractivity contribution in [2.75, 3.05) is 13.7 Å². The molecule has 2 aliphatic carbocycles. The summed E-state index contributed by atoms with van der Waals surface area (Å²) in [4.78, 5) is 40.0. The second-order valence-corrected chi connectivity index (χ2v) is 12.7. The van der Waals surface area contributed by atoms with Gasteiger partial charge in [-0.05, 0) is 0 Å². The molecule has 1 saturated carbocycles. The van der Waals surface area contributed by atoms with Gasteiger partial charge in [-0.25, -0.2) is 0 Å². The summed E-state index contributed by atoms with van der Waals surface area (Å²) in [6.07, 6.45) is 0.281. The number of Topliss-reactive ketones (excluding diaryl/α,β-unsaturated/α-hetero) is 1. The third kappa shape index (κ3) is 3.32. The first-order valence-corrected chi connectivity index (χ1v) is 13.4. The molecule has 0 spiro atoms. The van der Waals surface area contributed by atoms with E-state index in [2.05, 4.69) is 6.92 Å². The standard InChI is InChI=1S/C30H26O5Se/c1-28(36-23-16-10-5-11-17-23)18-29(27(33)34-2)24(21-12-6-3-7-13-21)25(22-14-8-4-9-15-22)30(28,26(29)32)19-35-20-31/h3-17,20H,18-19H2,1-2H3. The van der Waals surface area contributed by atoms with Gasteiger partial charge in [-0.3, -0.25) is 0 Å². The van der Waals surface area contributed by atoms with E-state index in [-0.39, 0.29) is 33.8 Å². The van der Waals surface area contributed by atoms with Crippen LogP contribution in [0.25, 0.3) is 11.1 Å². The van der Waals surface area contributed by atoms with E-state index >= 15 is 0 Å². The molecule has 3 aromatic carbocycles. The van der Waals surface area contributed by atoms with Crippen LogP contribution in [-0.4, -0.2) is 46.9 Å². The second-order valence-electron chi connectivity index (χ2n) is 9.34. The molecule has 0 amide bonds. The number of rotatable bonds is 8. The number of esters is 1. The van der Waals surface area contributed by atoms with Crippen molar-refractivity contribution in [3.8, 4) is 0 Å². The zero-order valence-corrected chi connectivity index (χ0v) is 21.8. The van der Waals surface area contributed by atoms with Crippen molar-refractivity contribution in [2.45, 2.75) is 17.7 Å². The van der Waals surface area contributed by atoms with Crippen LogP contribution in [0.15, 0.2) is 91.0 Å². The van der Waals surface area contributed by atoms with E-state index in [1.54, 1.807) is 0 Å². The Morgan fingerprint density at radius 3 is 1.94 bits per heavy atom. The molecule has 0 N–H and O–H groups in total. The average Bonchev–Trinajstić information content (AvgIpc) is 3.25. The van der Waals surface area contributed by atoms with Crippen molar-refractivity contribution >= 4 is 48.8 Å². The number of ether oxygens (including phenoxy) is 2. The molecule has 2 bridgehead atoms. The van der Waals surface area contributed by atoms with E-state index in [4.69, 9.17) is 9.47 Å². The molecule has 0 saturated heterocycles. The van der Waals surface area contributed by atoms with E-state index in [0.717, 1.165) is 21.2 Å². The number of hydrogen-bond donors (Lipinski definition) is 0. The zero-order valence-electron chi connectivity index (χ0n) is 20.1. The summed E-state index contributed by atoms with van der Waals surface area (Å²) in [5.41, 5.74) is 0.306. The SMILES string of the molecule is COC(=O)C12CC(C)([Se]c3ccccc3)C(COC=O)(C1=O)C(c1ccccc1)=C2c1ccccc1. The molecule has 2 aliphatic rings. The quantitative estimate of drug-likeness (QED) is 0.185. The molecule has 0 aliphatic heterocycles. The van der Waals surface area contributed by atoms with E-state index in [9.17, 15) is 14.4 Å². The second kappa shape index (κ2) is 9.20. The molecule has 0 heterocycles. The first-order valence-electron chi connectivity index (χ1n) is 11.7. The monoisotopic (exact) mass is 546 g/mol. The minimum absolute atomic E-state index is 0.139. The summed E-state index contributed by atoms with van der Waals surface area (Å²) in [6, 6.07) is 29.2. The Labute approximate surface area is 216 Å². The third-order valence-electron chi connectivity index (χ3n) is 7.50. The van der Waals surface area contributed by atoms with Gasteiger partial charge in [0.25, 0.3) is 0 Å². The van der Waals surface area contributed by atoms with Crippen molar-refractivity contribution in [1.29, 1.82) is 0 Å². The van der Waals surface area contributed by atoms with E-state index in [1.807, 2.05) is 91.0 Å². The van der Waals surface area contributed by atoms with Gasteiger partial charge in [0, 0.05) is 0 Å². The van der Waals surface area contributed by atoms with Gasteiger partial charge in [0.2, 0.25) is 0 Å². The van der Waals surface area contributed by atoms with Crippen molar-refractivity contribution < 1.29 is 23.9 Å². The van der Waals surface area contributed by atoms with Crippen LogP contribution in [0.5, 0.6) is 0 Å². The van der Waals surface area contributed by atoms with Crippen molar-refractivity contribution in [2.24, 2.45) is 10.8 Å². The van der Waals surface area contributed by atoms with Crippen molar-refractivity contribution in [1.82, 2.24) is 0 Å². The van der Waals surface area contributed by atoms with Gasteiger partial charge in [-0.2, -0.15) is 0 Å². The summed E-state index contributed by atoms with van der Waals surface area (Å²) in [6.45, 7) is 2.31. The Balaban J connectivity index is 1.89. The number of ketones is 1. The number of benzene rings is 3. The summed E-state index contributed by atoms with van der Waals surface area (Å²) >= 11 is -0.228. The number of methoxy groups -OCH3 is 1. The molecule has 0 aromatic heterocycles. The molecular weight excluding hydrogens is 519 g/mol. The molecular formula is C30H26O5Se. The molecule has 5 nitrogen and oxygen atoms in total. The Hall–Kier alpha value is -3.47. The molecule has 5 rings (SSSR count). The Morgan fingerprint density at radius 1 is 0.889 bits per heavy atom. The van der Waals surface area contributed by atoms with E-state index < -0.39 is 21.1 Å². The van der Waals surface area contributed by atoms with Crippen LogP contribution < -0.4 is 4.46 Å². The van der Waals surface area contributed by atoms with Gasteiger partial charge in [0.15, 0.2) is 0 Å². The van der Waals surface area contributed by atoms with Gasteiger partial charge >= 0.3 is 217 Å². The number of fused-ring (bicyclic) bond motifs is 2. The maximum absolute atomic E-state index is 14.8. The van der Waals surface area contributed by atoms with Crippen LogP contribution in [0.1, 0.15) is 24.5 Å². The molecule has 3 aromatic rings.